The van der Waals surface area contributed by atoms with Crippen molar-refractivity contribution in [2.24, 2.45) is 0 Å². The van der Waals surface area contributed by atoms with Crippen LogP contribution >= 0.6 is 0 Å². The van der Waals surface area contributed by atoms with Gasteiger partial charge in [-0.3, -0.25) is 15.0 Å². The van der Waals surface area contributed by atoms with Crippen molar-refractivity contribution in [2.75, 3.05) is 24.5 Å². The SMILES string of the molecule is CCN(CC)c1ccc(C(=O)NNS(=O)(=O)c2ccc(C(=O)NCC(F)(F)F)cc2)cc1. The summed E-state index contributed by atoms with van der Waals surface area (Å²) in [6.07, 6.45) is -4.56. The lowest BCUT2D eigenvalue weighted by atomic mass is 10.2. The molecule has 12 heteroatoms. The third-order valence-corrected chi connectivity index (χ3v) is 5.70. The predicted octanol–water partition coefficient (Wildman–Crippen LogP) is 2.45. The third-order valence-electron chi connectivity index (χ3n) is 4.43. The molecule has 0 atom stereocenters. The quantitative estimate of drug-likeness (QED) is 0.486. The molecule has 2 aromatic rings. The van der Waals surface area contributed by atoms with Crippen LogP contribution in [0.2, 0.25) is 0 Å². The van der Waals surface area contributed by atoms with E-state index in [1.807, 2.05) is 18.7 Å². The van der Waals surface area contributed by atoms with Gasteiger partial charge in [0.1, 0.15) is 6.54 Å². The summed E-state index contributed by atoms with van der Waals surface area (Å²) in [6, 6.07) is 10.8. The fourth-order valence-electron chi connectivity index (χ4n) is 2.73. The minimum Gasteiger partial charge on any atom is -0.372 e. The molecule has 2 aromatic carbocycles. The number of amides is 2. The highest BCUT2D eigenvalue weighted by molar-refractivity contribution is 7.89. The molecule has 0 radical (unpaired) electrons. The molecule has 0 saturated carbocycles. The highest BCUT2D eigenvalue weighted by Gasteiger charge is 2.28. The molecule has 0 aliphatic carbocycles. The molecule has 174 valence electrons. The summed E-state index contributed by atoms with van der Waals surface area (Å²) in [5.74, 6) is -1.68. The normalized spacial score (nSPS) is 11.7. The second-order valence-electron chi connectivity index (χ2n) is 6.60. The number of hydrogen-bond donors (Lipinski definition) is 3. The Bertz CT molecular complexity index is 1040. The van der Waals surface area contributed by atoms with Crippen LogP contribution in [0, 0.1) is 0 Å². The lowest BCUT2D eigenvalue weighted by Crippen LogP contribution is -2.41. The zero-order valence-electron chi connectivity index (χ0n) is 17.4. The van der Waals surface area contributed by atoms with Crippen LogP contribution in [0.3, 0.4) is 0 Å². The summed E-state index contributed by atoms with van der Waals surface area (Å²) in [5.41, 5.74) is 3.11. The number of hydrogen-bond acceptors (Lipinski definition) is 5. The molecule has 2 rings (SSSR count). The first-order valence-electron chi connectivity index (χ1n) is 9.59. The lowest BCUT2D eigenvalue weighted by Gasteiger charge is -2.21. The molecule has 0 bridgehead atoms. The fourth-order valence-corrected chi connectivity index (χ4v) is 3.56. The van der Waals surface area contributed by atoms with Gasteiger partial charge in [0.25, 0.3) is 21.8 Å². The first-order chi connectivity index (χ1) is 15.0. The van der Waals surface area contributed by atoms with Gasteiger partial charge < -0.3 is 10.2 Å². The molecule has 32 heavy (non-hydrogen) atoms. The van der Waals surface area contributed by atoms with Crippen molar-refractivity contribution >= 4 is 27.5 Å². The van der Waals surface area contributed by atoms with Crippen molar-refractivity contribution in [2.45, 2.75) is 24.9 Å². The van der Waals surface area contributed by atoms with Crippen molar-refractivity contribution in [3.63, 3.8) is 0 Å². The van der Waals surface area contributed by atoms with Crippen LogP contribution in [0.5, 0.6) is 0 Å². The van der Waals surface area contributed by atoms with Gasteiger partial charge in [0, 0.05) is 29.9 Å². The van der Waals surface area contributed by atoms with Crippen LogP contribution in [0.15, 0.2) is 53.4 Å². The maximum absolute atomic E-state index is 12.3. The highest BCUT2D eigenvalue weighted by atomic mass is 32.2. The minimum absolute atomic E-state index is 0.148. The van der Waals surface area contributed by atoms with E-state index in [1.54, 1.807) is 29.6 Å². The standard InChI is InChI=1S/C20H23F3N4O4S/c1-3-27(4-2)16-9-5-15(6-10-16)19(29)25-26-32(30,31)17-11-7-14(8-12-17)18(28)24-13-20(21,22)23/h5-12,26H,3-4,13H2,1-2H3,(H,24,28)(H,25,29). The van der Waals surface area contributed by atoms with Gasteiger partial charge in [-0.15, -0.1) is 4.83 Å². The third kappa shape index (κ3) is 6.95. The average Bonchev–Trinajstić information content (AvgIpc) is 2.77. The van der Waals surface area contributed by atoms with Gasteiger partial charge in [-0.1, -0.05) is 0 Å². The molecule has 3 N–H and O–H groups in total. The van der Waals surface area contributed by atoms with Crippen molar-refractivity contribution < 1.29 is 31.2 Å². The second-order valence-corrected chi connectivity index (χ2v) is 8.28. The molecule has 0 saturated heterocycles. The maximum atomic E-state index is 12.3. The van der Waals surface area contributed by atoms with Crippen LogP contribution in [-0.4, -0.2) is 46.0 Å². The summed E-state index contributed by atoms with van der Waals surface area (Å²) < 4.78 is 61.2. The molecule has 0 fully saturated rings. The number of carbonyl (C=O) groups excluding carboxylic acids is 2. The Morgan fingerprint density at radius 1 is 0.875 bits per heavy atom. The van der Waals surface area contributed by atoms with Crippen LogP contribution < -0.4 is 20.5 Å². The van der Waals surface area contributed by atoms with E-state index in [9.17, 15) is 31.2 Å². The van der Waals surface area contributed by atoms with Crippen molar-refractivity contribution in [1.29, 1.82) is 0 Å². The fraction of sp³-hybridized carbons (Fsp3) is 0.300. The number of rotatable bonds is 9. The number of halogens is 3. The van der Waals surface area contributed by atoms with Crippen molar-refractivity contribution in [3.8, 4) is 0 Å². The van der Waals surface area contributed by atoms with Gasteiger partial charge in [-0.05, 0) is 62.4 Å². The maximum Gasteiger partial charge on any atom is 0.405 e. The van der Waals surface area contributed by atoms with E-state index in [0.29, 0.717) is 0 Å². The number of benzene rings is 2. The van der Waals surface area contributed by atoms with E-state index in [0.717, 1.165) is 43.0 Å². The minimum atomic E-state index is -4.56. The first-order valence-corrected chi connectivity index (χ1v) is 11.1. The van der Waals surface area contributed by atoms with Gasteiger partial charge in [0.2, 0.25) is 0 Å². The summed E-state index contributed by atoms with van der Waals surface area (Å²) in [4.78, 5) is 27.7. The van der Waals surface area contributed by atoms with E-state index in [1.165, 1.54) is 0 Å². The summed E-state index contributed by atoms with van der Waals surface area (Å²) in [5, 5.41) is 1.68. The summed E-state index contributed by atoms with van der Waals surface area (Å²) >= 11 is 0. The average molecular weight is 472 g/mol. The Hall–Kier alpha value is -3.12. The van der Waals surface area contributed by atoms with E-state index in [-0.39, 0.29) is 16.0 Å². The molecule has 0 heterocycles. The number of alkyl halides is 3. The molecule has 8 nitrogen and oxygen atoms in total. The second kappa shape index (κ2) is 10.5. The Balaban J connectivity index is 1.99. The van der Waals surface area contributed by atoms with Crippen molar-refractivity contribution in [1.82, 2.24) is 15.6 Å². The largest absolute Gasteiger partial charge is 0.405 e. The zero-order chi connectivity index (χ0) is 23.9. The van der Waals surface area contributed by atoms with Crippen LogP contribution in [0.25, 0.3) is 0 Å². The smallest absolute Gasteiger partial charge is 0.372 e. The van der Waals surface area contributed by atoms with Gasteiger partial charge in [0.15, 0.2) is 0 Å². The molecule has 0 unspecified atom stereocenters. The number of nitrogens with zero attached hydrogens (tertiary/aromatic N) is 1. The monoisotopic (exact) mass is 472 g/mol. The topological polar surface area (TPSA) is 108 Å². The molecule has 0 aliphatic heterocycles. The first kappa shape index (κ1) is 25.1. The van der Waals surface area contributed by atoms with E-state index < -0.39 is 34.6 Å². The number of sulfonamides is 1. The van der Waals surface area contributed by atoms with Crippen LogP contribution in [0.1, 0.15) is 34.6 Å². The lowest BCUT2D eigenvalue weighted by molar-refractivity contribution is -0.123. The van der Waals surface area contributed by atoms with Gasteiger partial charge >= 0.3 is 6.18 Å². The van der Waals surface area contributed by atoms with E-state index in [2.05, 4.69) is 10.3 Å². The Kier molecular flexibility index (Phi) is 8.22. The molecule has 0 spiro atoms. The number of anilines is 1. The van der Waals surface area contributed by atoms with Gasteiger partial charge in [-0.25, -0.2) is 8.42 Å². The Morgan fingerprint density at radius 2 is 1.38 bits per heavy atom. The van der Waals surface area contributed by atoms with E-state index >= 15 is 0 Å². The number of hydrazine groups is 1. The van der Waals surface area contributed by atoms with Gasteiger partial charge in [-0.2, -0.15) is 13.2 Å². The summed E-state index contributed by atoms with van der Waals surface area (Å²) in [7, 11) is -4.17. The zero-order valence-corrected chi connectivity index (χ0v) is 18.2. The predicted molar refractivity (Wildman–Crippen MR) is 113 cm³/mol. The van der Waals surface area contributed by atoms with Gasteiger partial charge in [0.05, 0.1) is 4.90 Å². The van der Waals surface area contributed by atoms with E-state index in [4.69, 9.17) is 0 Å². The summed E-state index contributed by atoms with van der Waals surface area (Å²) in [6.45, 7) is 4.09. The molecule has 0 aliphatic rings. The number of nitrogens with one attached hydrogen (secondary N) is 3. The molecular weight excluding hydrogens is 449 g/mol. The molecular formula is C20H23F3N4O4S. The Morgan fingerprint density at radius 3 is 1.88 bits per heavy atom. The molecule has 0 aromatic heterocycles. The molecule has 2 amide bonds. The van der Waals surface area contributed by atoms with Crippen LogP contribution in [0.4, 0.5) is 18.9 Å². The Labute approximate surface area is 183 Å². The number of carbonyl (C=O) groups is 2. The highest BCUT2D eigenvalue weighted by Crippen LogP contribution is 2.16. The van der Waals surface area contributed by atoms with Crippen LogP contribution in [-0.2, 0) is 10.0 Å². The van der Waals surface area contributed by atoms with Crippen molar-refractivity contribution in [3.05, 3.63) is 59.7 Å².